The van der Waals surface area contributed by atoms with Crippen LogP contribution in [0.1, 0.15) is 25.5 Å². The van der Waals surface area contributed by atoms with Crippen molar-refractivity contribution in [2.45, 2.75) is 26.0 Å². The van der Waals surface area contributed by atoms with Gasteiger partial charge >= 0.3 is 0 Å². The van der Waals surface area contributed by atoms with E-state index in [2.05, 4.69) is 10.4 Å². The lowest BCUT2D eigenvalue weighted by Gasteiger charge is -2.29. The number of carbonyl (C=O) groups excluding carboxylic acids is 2. The van der Waals surface area contributed by atoms with Gasteiger partial charge in [0.15, 0.2) is 11.9 Å². The van der Waals surface area contributed by atoms with Crippen LogP contribution < -0.4 is 10.1 Å². The van der Waals surface area contributed by atoms with Gasteiger partial charge in [0.25, 0.3) is 5.91 Å². The smallest absolute Gasteiger partial charge is 0.257 e. The lowest BCUT2D eigenvalue weighted by atomic mass is 10.1. The van der Waals surface area contributed by atoms with E-state index in [4.69, 9.17) is 9.47 Å². The molecule has 1 N–H and O–H groups in total. The van der Waals surface area contributed by atoms with Crippen LogP contribution in [-0.4, -0.2) is 53.3 Å². The predicted molar refractivity (Wildman–Crippen MR) is 147 cm³/mol. The quantitative estimate of drug-likeness (QED) is 0.319. The molecule has 8 nitrogen and oxygen atoms in total. The summed E-state index contributed by atoms with van der Waals surface area (Å²) < 4.78 is 12.6. The average Bonchev–Trinajstić information content (AvgIpc) is 3.36. The number of methoxy groups -OCH3 is 2. The highest BCUT2D eigenvalue weighted by Crippen LogP contribution is 2.29. The molecule has 0 radical (unpaired) electrons. The van der Waals surface area contributed by atoms with Crippen molar-refractivity contribution in [2.75, 3.05) is 26.1 Å². The molecule has 1 heterocycles. The Hall–Kier alpha value is -4.43. The monoisotopic (exact) mass is 512 g/mol. The topological polar surface area (TPSA) is 85.7 Å². The van der Waals surface area contributed by atoms with E-state index >= 15 is 0 Å². The zero-order valence-corrected chi connectivity index (χ0v) is 22.0. The molecule has 196 valence electrons. The number of carbonyl (C=O) groups is 2. The fraction of sp³-hybridized carbons (Fsp3) is 0.233. The maximum absolute atomic E-state index is 13.5. The summed E-state index contributed by atoms with van der Waals surface area (Å²) in [4.78, 5) is 28.3. The highest BCUT2D eigenvalue weighted by atomic mass is 16.5. The zero-order chi connectivity index (χ0) is 27.1. The molecule has 0 aliphatic heterocycles. The summed E-state index contributed by atoms with van der Waals surface area (Å²) >= 11 is 0. The number of nitrogens with one attached hydrogen (secondary N) is 1. The molecular weight excluding hydrogens is 480 g/mol. The Bertz CT molecular complexity index is 1370. The highest BCUT2D eigenvalue weighted by molar-refractivity contribution is 5.97. The molecule has 0 spiro atoms. The van der Waals surface area contributed by atoms with E-state index in [0.717, 1.165) is 16.8 Å². The molecule has 0 saturated carbocycles. The molecular formula is C30H32N4O4. The first-order valence-electron chi connectivity index (χ1n) is 12.4. The molecule has 2 amide bonds. The molecule has 1 atom stereocenters. The number of para-hydroxylation sites is 1. The normalized spacial score (nSPS) is 11.7. The van der Waals surface area contributed by atoms with Crippen LogP contribution in [0.5, 0.6) is 5.75 Å². The molecule has 0 bridgehead atoms. The molecule has 0 saturated heterocycles. The molecule has 8 heteroatoms. The molecule has 1 aromatic heterocycles. The van der Waals surface area contributed by atoms with Gasteiger partial charge in [-0.3, -0.25) is 9.59 Å². The van der Waals surface area contributed by atoms with Gasteiger partial charge in [-0.25, -0.2) is 4.68 Å². The van der Waals surface area contributed by atoms with Crippen molar-refractivity contribution >= 4 is 17.6 Å². The number of aromatic nitrogens is 2. The number of benzene rings is 3. The third-order valence-corrected chi connectivity index (χ3v) is 6.15. The summed E-state index contributed by atoms with van der Waals surface area (Å²) in [7, 11) is 3.04. The molecule has 4 rings (SSSR count). The van der Waals surface area contributed by atoms with Crippen LogP contribution in [0.15, 0.2) is 91.1 Å². The third kappa shape index (κ3) is 6.10. The van der Waals surface area contributed by atoms with Crippen LogP contribution in [0.25, 0.3) is 16.8 Å². The number of hydrogen-bond acceptors (Lipinski definition) is 5. The summed E-state index contributed by atoms with van der Waals surface area (Å²) in [6.45, 7) is 3.57. The van der Waals surface area contributed by atoms with Gasteiger partial charge in [0, 0.05) is 24.9 Å². The van der Waals surface area contributed by atoms with Gasteiger partial charge in [0.1, 0.15) is 12.3 Å². The van der Waals surface area contributed by atoms with Crippen molar-refractivity contribution in [1.82, 2.24) is 14.7 Å². The minimum atomic E-state index is -0.877. The van der Waals surface area contributed by atoms with E-state index in [9.17, 15) is 9.59 Å². The van der Waals surface area contributed by atoms with Crippen molar-refractivity contribution in [2.24, 2.45) is 0 Å². The van der Waals surface area contributed by atoms with Gasteiger partial charge in [0.2, 0.25) is 5.91 Å². The van der Waals surface area contributed by atoms with Gasteiger partial charge in [0.05, 0.1) is 12.8 Å². The lowest BCUT2D eigenvalue weighted by molar-refractivity contribution is -0.146. The van der Waals surface area contributed by atoms with E-state index in [-0.39, 0.29) is 24.4 Å². The number of nitrogens with zero attached hydrogens (tertiary/aromatic N) is 3. The van der Waals surface area contributed by atoms with Gasteiger partial charge in [-0.05, 0) is 49.2 Å². The van der Waals surface area contributed by atoms with Gasteiger partial charge < -0.3 is 19.7 Å². The van der Waals surface area contributed by atoms with Crippen LogP contribution in [0.3, 0.4) is 0 Å². The van der Waals surface area contributed by atoms with E-state index in [1.54, 1.807) is 36.1 Å². The van der Waals surface area contributed by atoms with Crippen molar-refractivity contribution in [3.63, 3.8) is 0 Å². The molecule has 38 heavy (non-hydrogen) atoms. The molecule has 0 fully saturated rings. The Balaban J connectivity index is 1.58. The van der Waals surface area contributed by atoms with Crippen molar-refractivity contribution in [1.29, 1.82) is 0 Å². The summed E-state index contributed by atoms with van der Waals surface area (Å²) in [5.41, 5.74) is 3.21. The summed E-state index contributed by atoms with van der Waals surface area (Å²) in [5.74, 6) is 0.359. The van der Waals surface area contributed by atoms with Crippen molar-refractivity contribution < 1.29 is 19.1 Å². The Morgan fingerprint density at radius 2 is 1.63 bits per heavy atom. The standard InChI is InChI=1S/C30H32N4O4/c1-21(2)33(30(36)28(38-4)23-14-11-17-25(18-23)37-3)20-27(35)31-29-26(22-12-7-5-8-13-22)19-34(32-29)24-15-9-6-10-16-24/h5-19,21,28H,20H2,1-4H3,(H,31,32,35)/t28-/m1/s1. The number of rotatable bonds is 10. The number of hydrogen-bond donors (Lipinski definition) is 1. The second kappa shape index (κ2) is 12.2. The van der Waals surface area contributed by atoms with Gasteiger partial charge in [-0.2, -0.15) is 0 Å². The number of ether oxygens (including phenoxy) is 2. The van der Waals surface area contributed by atoms with Crippen LogP contribution in [0.2, 0.25) is 0 Å². The fourth-order valence-corrected chi connectivity index (χ4v) is 4.18. The van der Waals surface area contributed by atoms with E-state index in [0.29, 0.717) is 17.1 Å². The van der Waals surface area contributed by atoms with Crippen molar-refractivity contribution in [3.05, 3.63) is 96.7 Å². The molecule has 0 aliphatic carbocycles. The Labute approximate surface area is 222 Å². The predicted octanol–water partition coefficient (Wildman–Crippen LogP) is 5.11. The van der Waals surface area contributed by atoms with Crippen molar-refractivity contribution in [3.8, 4) is 22.6 Å². The summed E-state index contributed by atoms with van der Waals surface area (Å²) in [6, 6.07) is 26.3. The van der Waals surface area contributed by atoms with E-state index in [1.807, 2.05) is 80.7 Å². The first-order valence-corrected chi connectivity index (χ1v) is 12.4. The second-order valence-electron chi connectivity index (χ2n) is 9.04. The Morgan fingerprint density at radius 1 is 0.947 bits per heavy atom. The Kier molecular flexibility index (Phi) is 8.55. The maximum atomic E-state index is 13.5. The number of anilines is 1. The maximum Gasteiger partial charge on any atom is 0.257 e. The molecule has 0 unspecified atom stereocenters. The minimum Gasteiger partial charge on any atom is -0.497 e. The second-order valence-corrected chi connectivity index (χ2v) is 9.04. The molecule has 4 aromatic rings. The van der Waals surface area contributed by atoms with Crippen LogP contribution in [0, 0.1) is 0 Å². The number of amides is 2. The average molecular weight is 513 g/mol. The SMILES string of the molecule is COc1cccc([C@@H](OC)C(=O)N(CC(=O)Nc2nn(-c3ccccc3)cc2-c2ccccc2)C(C)C)c1. The lowest BCUT2D eigenvalue weighted by Crippen LogP contribution is -2.45. The van der Waals surface area contributed by atoms with Crippen LogP contribution >= 0.6 is 0 Å². The first kappa shape index (κ1) is 26.6. The zero-order valence-electron chi connectivity index (χ0n) is 22.0. The first-order chi connectivity index (χ1) is 18.4. The van der Waals surface area contributed by atoms with Gasteiger partial charge in [-0.15, -0.1) is 5.10 Å². The molecule has 3 aromatic carbocycles. The van der Waals surface area contributed by atoms with E-state index < -0.39 is 6.10 Å². The van der Waals surface area contributed by atoms with Crippen LogP contribution in [0.4, 0.5) is 5.82 Å². The summed E-state index contributed by atoms with van der Waals surface area (Å²) in [6.07, 6.45) is 1.01. The summed E-state index contributed by atoms with van der Waals surface area (Å²) in [5, 5.41) is 7.58. The fourth-order valence-electron chi connectivity index (χ4n) is 4.18. The third-order valence-electron chi connectivity index (χ3n) is 6.15. The van der Waals surface area contributed by atoms with E-state index in [1.165, 1.54) is 12.0 Å². The molecule has 0 aliphatic rings. The Morgan fingerprint density at radius 3 is 2.26 bits per heavy atom. The minimum absolute atomic E-state index is 0.160. The highest BCUT2D eigenvalue weighted by Gasteiger charge is 2.30. The van der Waals surface area contributed by atoms with Gasteiger partial charge in [-0.1, -0.05) is 60.7 Å². The van der Waals surface area contributed by atoms with Crippen LogP contribution in [-0.2, 0) is 14.3 Å². The largest absolute Gasteiger partial charge is 0.497 e.